The van der Waals surface area contributed by atoms with Crippen LogP contribution in [0.2, 0.25) is 0 Å². The second-order valence-electron chi connectivity index (χ2n) is 8.24. The van der Waals surface area contributed by atoms with Crippen LogP contribution in [0, 0.1) is 0 Å². The lowest BCUT2D eigenvalue weighted by Crippen LogP contribution is -2.57. The Morgan fingerprint density at radius 2 is 2.04 bits per heavy atom. The Morgan fingerprint density at radius 3 is 2.77 bits per heavy atom. The Hall–Kier alpha value is -2.27. The van der Waals surface area contributed by atoms with E-state index in [2.05, 4.69) is 48.2 Å². The van der Waals surface area contributed by atoms with Crippen molar-refractivity contribution in [1.82, 2.24) is 9.47 Å². The van der Waals surface area contributed by atoms with E-state index in [1.165, 1.54) is 22.0 Å². The van der Waals surface area contributed by atoms with Crippen molar-refractivity contribution in [1.29, 1.82) is 0 Å². The molecule has 0 aliphatic carbocycles. The molecule has 2 aromatic rings. The molecule has 5 heteroatoms. The van der Waals surface area contributed by atoms with Gasteiger partial charge in [0.15, 0.2) is 0 Å². The van der Waals surface area contributed by atoms with Gasteiger partial charge in [-0.05, 0) is 56.5 Å². The summed E-state index contributed by atoms with van der Waals surface area (Å²) in [6.07, 6.45) is 4.79. The first-order valence-electron chi connectivity index (χ1n) is 9.17. The van der Waals surface area contributed by atoms with E-state index in [9.17, 15) is 4.79 Å². The maximum Gasteiger partial charge on any atom is 0.411 e. The van der Waals surface area contributed by atoms with E-state index in [4.69, 9.17) is 9.47 Å². The third-order valence-electron chi connectivity index (χ3n) is 5.06. The SMILES string of the molecule is Cn1ccc2cc(C3=CC4COCC(C3)N4C(=O)OC(C)(C)C)ccc21. The highest BCUT2D eigenvalue weighted by Gasteiger charge is 2.40. The van der Waals surface area contributed by atoms with Crippen LogP contribution in [0.1, 0.15) is 32.8 Å². The second-order valence-corrected chi connectivity index (χ2v) is 8.24. The van der Waals surface area contributed by atoms with E-state index in [1.807, 2.05) is 25.7 Å². The van der Waals surface area contributed by atoms with Gasteiger partial charge in [0.2, 0.25) is 0 Å². The number of morpholine rings is 1. The molecule has 0 radical (unpaired) electrons. The van der Waals surface area contributed by atoms with Gasteiger partial charge in [0.25, 0.3) is 0 Å². The minimum Gasteiger partial charge on any atom is -0.444 e. The van der Waals surface area contributed by atoms with Crippen LogP contribution in [0.15, 0.2) is 36.5 Å². The largest absolute Gasteiger partial charge is 0.444 e. The van der Waals surface area contributed by atoms with Crippen LogP contribution in [-0.2, 0) is 16.5 Å². The Balaban J connectivity index is 1.64. The lowest BCUT2D eigenvalue weighted by molar-refractivity contribution is -0.0510. The fourth-order valence-electron chi connectivity index (χ4n) is 3.89. The summed E-state index contributed by atoms with van der Waals surface area (Å²) in [5, 5.41) is 1.24. The Bertz CT molecular complexity index is 875. The highest BCUT2D eigenvalue weighted by Crippen LogP contribution is 2.34. The lowest BCUT2D eigenvalue weighted by atomic mass is 9.89. The fourth-order valence-corrected chi connectivity index (χ4v) is 3.89. The summed E-state index contributed by atoms with van der Waals surface area (Å²) in [5.41, 5.74) is 3.25. The Kier molecular flexibility index (Phi) is 4.07. The van der Waals surface area contributed by atoms with Gasteiger partial charge >= 0.3 is 6.09 Å². The van der Waals surface area contributed by atoms with Gasteiger partial charge in [-0.1, -0.05) is 12.1 Å². The average Bonchev–Trinajstić information content (AvgIpc) is 2.92. The van der Waals surface area contributed by atoms with Crippen LogP contribution in [0.4, 0.5) is 4.79 Å². The predicted molar refractivity (Wildman–Crippen MR) is 102 cm³/mol. The first kappa shape index (κ1) is 17.2. The van der Waals surface area contributed by atoms with Crippen LogP contribution >= 0.6 is 0 Å². The van der Waals surface area contributed by atoms with Gasteiger partial charge in [0.05, 0.1) is 25.3 Å². The van der Waals surface area contributed by atoms with E-state index >= 15 is 0 Å². The molecule has 1 aromatic carbocycles. The van der Waals surface area contributed by atoms with Crippen LogP contribution in [0.3, 0.4) is 0 Å². The standard InChI is InChI=1S/C21H26N2O3/c1-21(2,3)26-20(24)23-17-10-16(11-18(23)13-25-12-17)14-5-6-19-15(9-14)7-8-22(19)4/h5-10,17-18H,11-13H2,1-4H3. The molecule has 4 rings (SSSR count). The molecule has 1 fully saturated rings. The third kappa shape index (κ3) is 3.12. The molecule has 5 nitrogen and oxygen atoms in total. The quantitative estimate of drug-likeness (QED) is 0.778. The number of carbonyl (C=O) groups is 1. The third-order valence-corrected chi connectivity index (χ3v) is 5.06. The number of aryl methyl sites for hydroxylation is 1. The molecular weight excluding hydrogens is 328 g/mol. The summed E-state index contributed by atoms with van der Waals surface area (Å²) < 4.78 is 13.4. The van der Waals surface area contributed by atoms with Gasteiger partial charge in [-0.2, -0.15) is 0 Å². The topological polar surface area (TPSA) is 43.7 Å². The van der Waals surface area contributed by atoms with Crippen molar-refractivity contribution in [2.24, 2.45) is 7.05 Å². The number of rotatable bonds is 1. The highest BCUT2D eigenvalue weighted by atomic mass is 16.6. The zero-order valence-electron chi connectivity index (χ0n) is 15.9. The molecule has 2 unspecified atom stereocenters. The minimum atomic E-state index is -0.491. The molecule has 1 saturated heterocycles. The van der Waals surface area contributed by atoms with E-state index in [0.29, 0.717) is 13.2 Å². The van der Waals surface area contributed by atoms with E-state index in [-0.39, 0.29) is 18.2 Å². The predicted octanol–water partition coefficient (Wildman–Crippen LogP) is 3.97. The normalized spacial score (nSPS) is 23.1. The van der Waals surface area contributed by atoms with Crippen molar-refractivity contribution in [3.63, 3.8) is 0 Å². The highest BCUT2D eigenvalue weighted by molar-refractivity contribution is 5.85. The van der Waals surface area contributed by atoms with Crippen LogP contribution in [0.25, 0.3) is 16.5 Å². The number of fused-ring (bicyclic) bond motifs is 3. The molecule has 1 aromatic heterocycles. The molecule has 3 heterocycles. The number of hydrogen-bond acceptors (Lipinski definition) is 3. The maximum atomic E-state index is 12.7. The molecule has 2 bridgehead atoms. The summed E-state index contributed by atoms with van der Waals surface area (Å²) >= 11 is 0. The van der Waals surface area contributed by atoms with Gasteiger partial charge < -0.3 is 14.0 Å². The molecule has 2 aliphatic rings. The van der Waals surface area contributed by atoms with E-state index in [0.717, 1.165) is 6.42 Å². The summed E-state index contributed by atoms with van der Waals surface area (Å²) in [6.45, 7) is 6.78. The van der Waals surface area contributed by atoms with Crippen LogP contribution in [-0.4, -0.2) is 46.5 Å². The summed E-state index contributed by atoms with van der Waals surface area (Å²) in [6, 6.07) is 8.67. The van der Waals surface area contributed by atoms with Gasteiger partial charge in [0.1, 0.15) is 5.60 Å². The van der Waals surface area contributed by atoms with Crippen LogP contribution < -0.4 is 0 Å². The monoisotopic (exact) mass is 354 g/mol. The Morgan fingerprint density at radius 1 is 1.23 bits per heavy atom. The summed E-state index contributed by atoms with van der Waals surface area (Å²) in [5.74, 6) is 0. The van der Waals surface area contributed by atoms with Crippen LogP contribution in [0.5, 0.6) is 0 Å². The van der Waals surface area contributed by atoms with Crippen molar-refractivity contribution in [3.05, 3.63) is 42.1 Å². The smallest absolute Gasteiger partial charge is 0.411 e. The van der Waals surface area contributed by atoms with Gasteiger partial charge in [0, 0.05) is 24.1 Å². The van der Waals surface area contributed by atoms with Crippen molar-refractivity contribution in [2.45, 2.75) is 44.9 Å². The van der Waals surface area contributed by atoms with Gasteiger partial charge in [-0.3, -0.25) is 4.90 Å². The number of benzene rings is 1. The first-order valence-corrected chi connectivity index (χ1v) is 9.17. The van der Waals surface area contributed by atoms with Crippen molar-refractivity contribution < 1.29 is 14.3 Å². The molecule has 138 valence electrons. The second kappa shape index (κ2) is 6.16. The molecule has 0 saturated carbocycles. The molecule has 2 atom stereocenters. The maximum absolute atomic E-state index is 12.7. The lowest BCUT2D eigenvalue weighted by Gasteiger charge is -2.44. The molecule has 1 amide bonds. The Labute approximate surface area is 154 Å². The zero-order chi connectivity index (χ0) is 18.5. The average molecular weight is 354 g/mol. The molecule has 26 heavy (non-hydrogen) atoms. The number of aromatic nitrogens is 1. The van der Waals surface area contributed by atoms with Crippen molar-refractivity contribution >= 4 is 22.6 Å². The summed E-state index contributed by atoms with van der Waals surface area (Å²) in [7, 11) is 2.06. The molecule has 0 spiro atoms. The van der Waals surface area contributed by atoms with Gasteiger partial charge in [-0.15, -0.1) is 0 Å². The molecule has 2 aliphatic heterocycles. The number of amides is 1. The number of carbonyl (C=O) groups excluding carboxylic acids is 1. The number of nitrogens with zero attached hydrogens (tertiary/aromatic N) is 2. The number of hydrogen-bond donors (Lipinski definition) is 0. The van der Waals surface area contributed by atoms with E-state index in [1.54, 1.807) is 0 Å². The zero-order valence-corrected chi connectivity index (χ0v) is 15.9. The number of ether oxygens (including phenoxy) is 2. The van der Waals surface area contributed by atoms with Crippen molar-refractivity contribution in [3.8, 4) is 0 Å². The fraction of sp³-hybridized carbons (Fsp3) is 0.476. The van der Waals surface area contributed by atoms with Gasteiger partial charge in [-0.25, -0.2) is 4.79 Å². The molecule has 0 N–H and O–H groups in total. The van der Waals surface area contributed by atoms with E-state index < -0.39 is 5.60 Å². The van der Waals surface area contributed by atoms with Crippen molar-refractivity contribution in [2.75, 3.05) is 13.2 Å². The first-order chi connectivity index (χ1) is 12.3. The minimum absolute atomic E-state index is 0.0232. The molecular formula is C21H26N2O3. The summed E-state index contributed by atoms with van der Waals surface area (Å²) in [4.78, 5) is 14.5.